The summed E-state index contributed by atoms with van der Waals surface area (Å²) in [6.45, 7) is 0. The van der Waals surface area contributed by atoms with E-state index >= 15 is 0 Å². The minimum absolute atomic E-state index is 0.138. The Morgan fingerprint density at radius 3 is 1.33 bits per heavy atom. The van der Waals surface area contributed by atoms with Crippen LogP contribution in [-0.4, -0.2) is 24.3 Å². The van der Waals surface area contributed by atoms with Crippen LogP contribution in [0.2, 0.25) is 0 Å². The fourth-order valence-corrected chi connectivity index (χ4v) is 0.260. The molecule has 0 saturated carbocycles. The molecule has 0 heterocycles. The predicted octanol–water partition coefficient (Wildman–Crippen LogP) is -2.50. The van der Waals surface area contributed by atoms with Crippen LogP contribution in [0.25, 0.3) is 0 Å². The normalized spacial score (nSPS) is 10.3. The van der Waals surface area contributed by atoms with Crippen molar-refractivity contribution < 1.29 is 0 Å². The number of nitrogens with two attached hydrogens (primary N) is 4. The molecule has 0 aromatic heterocycles. The number of nitrogens with zero attached hydrogens (tertiary/aromatic N) is 4. The summed E-state index contributed by atoms with van der Waals surface area (Å²) in [5.41, 5.74) is 19.8. The smallest absolute Gasteiger partial charge is 0.211 e. The van der Waals surface area contributed by atoms with E-state index in [0.29, 0.717) is 0 Å². The fraction of sp³-hybridized carbons (Fsp3) is 0. The van der Waals surface area contributed by atoms with Gasteiger partial charge >= 0.3 is 0 Å². The van der Waals surface area contributed by atoms with E-state index in [0.717, 1.165) is 0 Å². The monoisotopic (exact) mass is 170 g/mol. The molecule has 0 spiro atoms. The summed E-state index contributed by atoms with van der Waals surface area (Å²) < 4.78 is 0. The summed E-state index contributed by atoms with van der Waals surface area (Å²) in [5, 5.41) is 13.3. The molecule has 66 valence electrons. The first-order valence-electron chi connectivity index (χ1n) is 2.85. The average Bonchev–Trinajstić information content (AvgIpc) is 1.95. The van der Waals surface area contributed by atoms with Gasteiger partial charge in [0, 0.05) is 0 Å². The summed E-state index contributed by atoms with van der Waals surface area (Å²) in [6.07, 6.45) is 2.46. The van der Waals surface area contributed by atoms with E-state index in [2.05, 4.69) is 20.4 Å². The van der Waals surface area contributed by atoms with Crippen molar-refractivity contribution >= 4 is 24.3 Å². The van der Waals surface area contributed by atoms with Crippen molar-refractivity contribution in [2.45, 2.75) is 0 Å². The quantitative estimate of drug-likeness (QED) is 0.210. The Labute approximate surface area is 68.7 Å². The van der Waals surface area contributed by atoms with Gasteiger partial charge in [-0.15, -0.1) is 10.2 Å². The van der Waals surface area contributed by atoms with Gasteiger partial charge < -0.3 is 22.9 Å². The molecule has 0 amide bonds. The zero-order valence-electron chi connectivity index (χ0n) is 6.25. The summed E-state index contributed by atoms with van der Waals surface area (Å²) in [4.78, 5) is 0. The second-order valence-corrected chi connectivity index (χ2v) is 1.58. The van der Waals surface area contributed by atoms with Crippen LogP contribution in [0.1, 0.15) is 0 Å². The van der Waals surface area contributed by atoms with Crippen molar-refractivity contribution in [3.63, 3.8) is 0 Å². The van der Waals surface area contributed by atoms with Gasteiger partial charge in [-0.05, 0) is 0 Å². The van der Waals surface area contributed by atoms with E-state index in [4.69, 9.17) is 22.9 Å². The van der Waals surface area contributed by atoms with Gasteiger partial charge in [0.1, 0.15) is 0 Å². The first kappa shape index (κ1) is 9.88. The van der Waals surface area contributed by atoms with Gasteiger partial charge in [-0.2, -0.15) is 10.2 Å². The molecule has 8 N–H and O–H groups in total. The summed E-state index contributed by atoms with van der Waals surface area (Å²) in [6, 6.07) is 0. The molecule has 0 aromatic rings. The molecule has 0 unspecified atom stereocenters. The summed E-state index contributed by atoms with van der Waals surface area (Å²) in [5.74, 6) is -0.275. The van der Waals surface area contributed by atoms with E-state index in [9.17, 15) is 0 Å². The van der Waals surface area contributed by atoms with E-state index < -0.39 is 0 Å². The zero-order chi connectivity index (χ0) is 9.40. The molecule has 0 aliphatic carbocycles. The Bertz CT molecular complexity index is 201. The first-order chi connectivity index (χ1) is 5.63. The molecule has 0 atom stereocenters. The van der Waals surface area contributed by atoms with Gasteiger partial charge in [0.05, 0.1) is 12.4 Å². The third-order valence-corrected chi connectivity index (χ3v) is 0.546. The lowest BCUT2D eigenvalue weighted by Crippen LogP contribution is -2.22. The number of hydrogen-bond acceptors (Lipinski definition) is 4. The van der Waals surface area contributed by atoms with Crippen molar-refractivity contribution in [3.8, 4) is 0 Å². The van der Waals surface area contributed by atoms with Crippen LogP contribution in [0, 0.1) is 0 Å². The topological polar surface area (TPSA) is 154 Å². The Morgan fingerprint density at radius 1 is 0.750 bits per heavy atom. The van der Waals surface area contributed by atoms with Crippen molar-refractivity contribution in [2.75, 3.05) is 0 Å². The second-order valence-electron chi connectivity index (χ2n) is 1.58. The van der Waals surface area contributed by atoms with Crippen LogP contribution in [0.5, 0.6) is 0 Å². The van der Waals surface area contributed by atoms with Gasteiger partial charge in [-0.3, -0.25) is 0 Å². The third kappa shape index (κ3) is 7.88. The van der Waals surface area contributed by atoms with Crippen LogP contribution in [0.3, 0.4) is 0 Å². The molecule has 0 bridgehead atoms. The largest absolute Gasteiger partial charge is 0.369 e. The van der Waals surface area contributed by atoms with Crippen molar-refractivity contribution in [2.24, 2.45) is 43.3 Å². The second kappa shape index (κ2) is 5.65. The lowest BCUT2D eigenvalue weighted by atomic mass is 10.8. The number of hydrogen-bond donors (Lipinski definition) is 4. The van der Waals surface area contributed by atoms with Gasteiger partial charge in [0.15, 0.2) is 0 Å². The Hall–Kier alpha value is -2.12. The van der Waals surface area contributed by atoms with Crippen LogP contribution < -0.4 is 22.9 Å². The van der Waals surface area contributed by atoms with E-state index in [-0.39, 0.29) is 11.9 Å². The zero-order valence-corrected chi connectivity index (χ0v) is 6.25. The molecule has 8 heteroatoms. The van der Waals surface area contributed by atoms with Gasteiger partial charge in [0.2, 0.25) is 11.9 Å². The Morgan fingerprint density at radius 2 is 1.08 bits per heavy atom. The lowest BCUT2D eigenvalue weighted by molar-refractivity contribution is 1.21. The van der Waals surface area contributed by atoms with Crippen LogP contribution in [0.4, 0.5) is 0 Å². The number of rotatable bonds is 3. The minimum atomic E-state index is -0.138. The third-order valence-electron chi connectivity index (χ3n) is 0.546. The molecular formula is C4H10N8. The highest BCUT2D eigenvalue weighted by Gasteiger charge is 1.72. The number of guanidine groups is 2. The van der Waals surface area contributed by atoms with Crippen molar-refractivity contribution in [1.82, 2.24) is 0 Å². The summed E-state index contributed by atoms with van der Waals surface area (Å²) in [7, 11) is 0. The Kier molecular flexibility index (Phi) is 4.65. The molecule has 0 saturated heterocycles. The maximum Gasteiger partial charge on any atom is 0.211 e. The molecule has 0 fully saturated rings. The first-order valence-corrected chi connectivity index (χ1v) is 2.85. The lowest BCUT2D eigenvalue weighted by Gasteiger charge is -1.81. The highest BCUT2D eigenvalue weighted by atomic mass is 15.3. The summed E-state index contributed by atoms with van der Waals surface area (Å²) >= 11 is 0. The average molecular weight is 170 g/mol. The van der Waals surface area contributed by atoms with E-state index in [1.807, 2.05) is 0 Å². The maximum atomic E-state index is 4.96. The molecule has 0 rings (SSSR count). The van der Waals surface area contributed by atoms with E-state index in [1.165, 1.54) is 12.4 Å². The molecule has 0 aliphatic heterocycles. The molecule has 0 aliphatic rings. The SMILES string of the molecule is NC(N)=N/N=C\C=N/N=C(N)N. The van der Waals surface area contributed by atoms with Crippen LogP contribution in [0.15, 0.2) is 20.4 Å². The van der Waals surface area contributed by atoms with Crippen LogP contribution >= 0.6 is 0 Å². The fourth-order valence-electron chi connectivity index (χ4n) is 0.260. The molecular weight excluding hydrogens is 160 g/mol. The van der Waals surface area contributed by atoms with Gasteiger partial charge in [-0.1, -0.05) is 0 Å². The molecule has 0 radical (unpaired) electrons. The van der Waals surface area contributed by atoms with Gasteiger partial charge in [-0.25, -0.2) is 0 Å². The van der Waals surface area contributed by atoms with Crippen LogP contribution in [-0.2, 0) is 0 Å². The highest BCUT2D eigenvalue weighted by Crippen LogP contribution is 1.67. The predicted molar refractivity (Wildman–Crippen MR) is 48.6 cm³/mol. The maximum absolute atomic E-state index is 4.96. The van der Waals surface area contributed by atoms with Crippen molar-refractivity contribution in [1.29, 1.82) is 0 Å². The molecule has 8 nitrogen and oxygen atoms in total. The molecule has 0 aromatic carbocycles. The molecule has 12 heavy (non-hydrogen) atoms. The Balaban J connectivity index is 3.83. The van der Waals surface area contributed by atoms with Crippen molar-refractivity contribution in [3.05, 3.63) is 0 Å². The van der Waals surface area contributed by atoms with E-state index in [1.54, 1.807) is 0 Å². The van der Waals surface area contributed by atoms with Gasteiger partial charge in [0.25, 0.3) is 0 Å². The minimum Gasteiger partial charge on any atom is -0.369 e. The standard InChI is InChI=1S/C4H10N8/c5-3(6)11-9-1-2-10-12-4(7)8/h1-2H,(H4,5,6,11)(H4,7,8,12)/b9-1-,10-2-. The highest BCUT2D eigenvalue weighted by molar-refractivity contribution is 6.16.